The van der Waals surface area contributed by atoms with E-state index in [1.54, 1.807) is 0 Å². The second kappa shape index (κ2) is 6.48. The third-order valence-electron chi connectivity index (χ3n) is 3.93. The van der Waals surface area contributed by atoms with E-state index in [1.807, 2.05) is 20.8 Å². The predicted molar refractivity (Wildman–Crippen MR) is 74.2 cm³/mol. The van der Waals surface area contributed by atoms with Crippen molar-refractivity contribution in [3.8, 4) is 0 Å². The molecule has 0 radical (unpaired) electrons. The second-order valence-corrected chi connectivity index (χ2v) is 5.80. The van der Waals surface area contributed by atoms with Crippen LogP contribution in [0.4, 0.5) is 0 Å². The average molecular weight is 280 g/mol. The first-order valence-electron chi connectivity index (χ1n) is 7.57. The van der Waals surface area contributed by atoms with Gasteiger partial charge in [-0.2, -0.15) is 4.98 Å². The van der Waals surface area contributed by atoms with Gasteiger partial charge in [-0.05, 0) is 19.8 Å². The van der Waals surface area contributed by atoms with Crippen LogP contribution in [0.3, 0.4) is 0 Å². The van der Waals surface area contributed by atoms with Crippen molar-refractivity contribution in [2.24, 2.45) is 5.92 Å². The van der Waals surface area contributed by atoms with Crippen LogP contribution in [0.15, 0.2) is 4.52 Å². The lowest BCUT2D eigenvalue weighted by atomic mass is 9.84. The van der Waals surface area contributed by atoms with Gasteiger partial charge in [-0.3, -0.25) is 4.79 Å². The van der Waals surface area contributed by atoms with Crippen molar-refractivity contribution in [3.63, 3.8) is 0 Å². The minimum Gasteiger partial charge on any atom is -0.367 e. The Kier molecular flexibility index (Phi) is 4.91. The van der Waals surface area contributed by atoms with E-state index < -0.39 is 5.60 Å². The third-order valence-corrected chi connectivity index (χ3v) is 3.93. The van der Waals surface area contributed by atoms with Gasteiger partial charge in [-0.25, -0.2) is 0 Å². The van der Waals surface area contributed by atoms with Crippen molar-refractivity contribution >= 4 is 5.78 Å². The molecule has 0 aromatic carbocycles. The van der Waals surface area contributed by atoms with Crippen molar-refractivity contribution < 1.29 is 14.1 Å². The van der Waals surface area contributed by atoms with Crippen LogP contribution in [0.2, 0.25) is 0 Å². The first kappa shape index (κ1) is 15.2. The molecule has 1 fully saturated rings. The molecule has 112 valence electrons. The monoisotopic (exact) mass is 280 g/mol. The highest BCUT2D eigenvalue weighted by molar-refractivity contribution is 5.81. The van der Waals surface area contributed by atoms with Gasteiger partial charge in [0.1, 0.15) is 11.4 Å². The lowest BCUT2D eigenvalue weighted by Gasteiger charge is -2.33. The summed E-state index contributed by atoms with van der Waals surface area (Å²) in [6.45, 7) is 6.37. The molecule has 0 unspecified atom stereocenters. The number of hydrogen-bond donors (Lipinski definition) is 0. The summed E-state index contributed by atoms with van der Waals surface area (Å²) in [7, 11) is 0. The number of Topliss-reactive ketones (excluding diaryl/α,β-unsaturated/α-hetero) is 1. The summed E-state index contributed by atoms with van der Waals surface area (Å²) in [6, 6.07) is 0. The smallest absolute Gasteiger partial charge is 0.234 e. The van der Waals surface area contributed by atoms with E-state index in [9.17, 15) is 4.79 Å². The Hall–Kier alpha value is -1.23. The van der Waals surface area contributed by atoms with Gasteiger partial charge in [0, 0.05) is 12.5 Å². The highest BCUT2D eigenvalue weighted by atomic mass is 16.5. The van der Waals surface area contributed by atoms with Crippen LogP contribution in [0.25, 0.3) is 0 Å². The molecule has 1 aliphatic rings. The van der Waals surface area contributed by atoms with Crippen LogP contribution in [-0.4, -0.2) is 22.5 Å². The molecule has 5 nitrogen and oxygen atoms in total. The first-order valence-corrected chi connectivity index (χ1v) is 7.57. The van der Waals surface area contributed by atoms with Crippen LogP contribution < -0.4 is 0 Å². The van der Waals surface area contributed by atoms with Crippen LogP contribution in [0, 0.1) is 5.92 Å². The molecule has 0 N–H and O–H groups in total. The molecule has 1 aromatic heterocycles. The molecular weight excluding hydrogens is 256 g/mol. The molecule has 1 aliphatic carbocycles. The molecule has 0 spiro atoms. The first-order chi connectivity index (χ1) is 9.57. The van der Waals surface area contributed by atoms with E-state index in [1.165, 1.54) is 6.42 Å². The van der Waals surface area contributed by atoms with Gasteiger partial charge < -0.3 is 9.26 Å². The second-order valence-electron chi connectivity index (χ2n) is 5.80. The highest BCUT2D eigenvalue weighted by Gasteiger charge is 2.39. The fourth-order valence-corrected chi connectivity index (χ4v) is 2.70. The Labute approximate surface area is 120 Å². The lowest BCUT2D eigenvalue weighted by molar-refractivity contribution is -0.121. The Bertz CT molecular complexity index is 442. The largest absolute Gasteiger partial charge is 0.367 e. The fourth-order valence-electron chi connectivity index (χ4n) is 2.70. The number of nitrogens with zero attached hydrogens (tertiary/aromatic N) is 2. The fraction of sp³-hybridized carbons (Fsp3) is 0.800. The van der Waals surface area contributed by atoms with Gasteiger partial charge in [-0.1, -0.05) is 38.3 Å². The molecular formula is C15H24N2O3. The Morgan fingerprint density at radius 2 is 2.05 bits per heavy atom. The maximum Gasteiger partial charge on any atom is 0.234 e. The van der Waals surface area contributed by atoms with Crippen molar-refractivity contribution in [1.82, 2.24) is 10.1 Å². The van der Waals surface area contributed by atoms with Gasteiger partial charge in [0.05, 0.1) is 6.42 Å². The van der Waals surface area contributed by atoms with E-state index in [0.29, 0.717) is 18.3 Å². The van der Waals surface area contributed by atoms with Crippen molar-refractivity contribution in [1.29, 1.82) is 0 Å². The van der Waals surface area contributed by atoms with Gasteiger partial charge in [0.2, 0.25) is 11.7 Å². The minimum absolute atomic E-state index is 0.0131. The van der Waals surface area contributed by atoms with Crippen LogP contribution in [-0.2, 0) is 21.6 Å². The van der Waals surface area contributed by atoms with E-state index >= 15 is 0 Å². The zero-order chi connectivity index (χ0) is 14.6. The van der Waals surface area contributed by atoms with E-state index in [4.69, 9.17) is 9.26 Å². The standard InChI is InChI=1S/C15H24N2O3/c1-4-19-15(8-6-5-7-9-15)14-16-13(20-17-14)10-12(18)11(2)3/h11H,4-10H2,1-3H3. The predicted octanol–water partition coefficient (Wildman–Crippen LogP) is 3.03. The Balaban J connectivity index is 2.14. The third kappa shape index (κ3) is 3.26. The lowest BCUT2D eigenvalue weighted by Crippen LogP contribution is -2.33. The molecule has 0 saturated heterocycles. The van der Waals surface area contributed by atoms with Crippen LogP contribution >= 0.6 is 0 Å². The van der Waals surface area contributed by atoms with Crippen molar-refractivity contribution in [2.75, 3.05) is 6.61 Å². The van der Waals surface area contributed by atoms with Crippen LogP contribution in [0.1, 0.15) is 64.6 Å². The number of carbonyl (C=O) groups is 1. The molecule has 1 saturated carbocycles. The zero-order valence-electron chi connectivity index (χ0n) is 12.6. The van der Waals surface area contributed by atoms with Crippen molar-refractivity contribution in [2.45, 2.75) is 64.9 Å². The molecule has 5 heteroatoms. The summed E-state index contributed by atoms with van der Waals surface area (Å²) in [6.07, 6.45) is 5.54. The molecule has 1 heterocycles. The summed E-state index contributed by atoms with van der Waals surface area (Å²) < 4.78 is 11.2. The minimum atomic E-state index is -0.407. The van der Waals surface area contributed by atoms with E-state index in [2.05, 4.69) is 10.1 Å². The molecule has 0 bridgehead atoms. The SMILES string of the molecule is CCOC1(c2noc(CC(=O)C(C)C)n2)CCCCC1. The Morgan fingerprint density at radius 1 is 1.35 bits per heavy atom. The van der Waals surface area contributed by atoms with Gasteiger partial charge in [-0.15, -0.1) is 0 Å². The van der Waals surface area contributed by atoms with E-state index in [0.717, 1.165) is 25.7 Å². The quantitative estimate of drug-likeness (QED) is 0.801. The number of hydrogen-bond acceptors (Lipinski definition) is 5. The van der Waals surface area contributed by atoms with E-state index in [-0.39, 0.29) is 18.1 Å². The van der Waals surface area contributed by atoms with Gasteiger partial charge in [0.15, 0.2) is 0 Å². The molecule has 1 aromatic rings. The summed E-state index contributed by atoms with van der Waals surface area (Å²) in [5.74, 6) is 1.13. The average Bonchev–Trinajstić information content (AvgIpc) is 2.89. The summed E-state index contributed by atoms with van der Waals surface area (Å²) in [5, 5.41) is 4.08. The summed E-state index contributed by atoms with van der Waals surface area (Å²) in [4.78, 5) is 16.2. The molecule has 20 heavy (non-hydrogen) atoms. The molecule has 0 amide bonds. The van der Waals surface area contributed by atoms with Gasteiger partial charge >= 0.3 is 0 Å². The Morgan fingerprint density at radius 3 is 2.65 bits per heavy atom. The molecule has 0 atom stereocenters. The topological polar surface area (TPSA) is 65.2 Å². The zero-order valence-corrected chi connectivity index (χ0v) is 12.6. The number of rotatable bonds is 6. The highest BCUT2D eigenvalue weighted by Crippen LogP contribution is 2.39. The molecule has 0 aliphatic heterocycles. The van der Waals surface area contributed by atoms with Crippen molar-refractivity contribution in [3.05, 3.63) is 11.7 Å². The number of ether oxygens (including phenoxy) is 1. The number of ketones is 1. The number of aromatic nitrogens is 2. The molecule has 2 rings (SSSR count). The van der Waals surface area contributed by atoms with Crippen LogP contribution in [0.5, 0.6) is 0 Å². The summed E-state index contributed by atoms with van der Waals surface area (Å²) in [5.41, 5.74) is -0.407. The maximum absolute atomic E-state index is 11.7. The number of carbonyl (C=O) groups excluding carboxylic acids is 1. The maximum atomic E-state index is 11.7. The summed E-state index contributed by atoms with van der Waals surface area (Å²) >= 11 is 0. The van der Waals surface area contributed by atoms with Gasteiger partial charge in [0.25, 0.3) is 0 Å². The normalized spacial score (nSPS) is 18.4.